The molecule has 164 valence electrons. The van der Waals surface area contributed by atoms with Gasteiger partial charge >= 0.3 is 0 Å². The van der Waals surface area contributed by atoms with Gasteiger partial charge in [-0.05, 0) is 42.2 Å². The molecule has 0 aliphatic carbocycles. The number of carbonyl (C=O) groups is 2. The van der Waals surface area contributed by atoms with Crippen LogP contribution in [0.1, 0.15) is 44.3 Å². The number of nitrogens with one attached hydrogen (secondary N) is 1. The van der Waals surface area contributed by atoms with Gasteiger partial charge in [0.25, 0.3) is 5.91 Å². The van der Waals surface area contributed by atoms with Crippen molar-refractivity contribution in [1.29, 1.82) is 0 Å². The molecule has 0 fully saturated rings. The zero-order chi connectivity index (χ0) is 22.5. The molecular weight excluding hydrogens is 410 g/mol. The second kappa shape index (κ2) is 7.62. The van der Waals surface area contributed by atoms with E-state index in [1.165, 1.54) is 11.1 Å². The van der Waals surface area contributed by atoms with Crippen molar-refractivity contribution in [2.75, 3.05) is 13.1 Å². The SMILES string of the molecule is Cc1[nH]c2ccccc2c1[C@@H]1c2ccccc2C(=O)N1CC(=O)N1CCc2ccccc2C1. The summed E-state index contributed by atoms with van der Waals surface area (Å²) < 4.78 is 0. The minimum atomic E-state index is -0.286. The van der Waals surface area contributed by atoms with Crippen molar-refractivity contribution < 1.29 is 9.59 Å². The average molecular weight is 436 g/mol. The number of rotatable bonds is 3. The molecule has 2 amide bonds. The number of para-hydroxylation sites is 1. The molecule has 5 nitrogen and oxygen atoms in total. The third kappa shape index (κ3) is 3.15. The normalized spacial score (nSPS) is 17.4. The van der Waals surface area contributed by atoms with Crippen LogP contribution in [0.15, 0.2) is 72.8 Å². The van der Waals surface area contributed by atoms with Crippen molar-refractivity contribution in [3.05, 3.63) is 106 Å². The van der Waals surface area contributed by atoms with Crippen LogP contribution in [-0.4, -0.2) is 39.7 Å². The highest BCUT2D eigenvalue weighted by molar-refractivity contribution is 6.02. The Balaban J connectivity index is 1.37. The highest BCUT2D eigenvalue weighted by Crippen LogP contribution is 2.42. The van der Waals surface area contributed by atoms with Crippen LogP contribution in [0.25, 0.3) is 10.9 Å². The van der Waals surface area contributed by atoms with Crippen LogP contribution in [0.3, 0.4) is 0 Å². The number of aromatic nitrogens is 1. The summed E-state index contributed by atoms with van der Waals surface area (Å²) >= 11 is 0. The highest BCUT2D eigenvalue weighted by atomic mass is 16.2. The van der Waals surface area contributed by atoms with Crippen LogP contribution < -0.4 is 0 Å². The van der Waals surface area contributed by atoms with Crippen LogP contribution in [0, 0.1) is 6.92 Å². The Hall–Kier alpha value is -3.86. The fraction of sp³-hybridized carbons (Fsp3) is 0.214. The maximum absolute atomic E-state index is 13.5. The van der Waals surface area contributed by atoms with E-state index < -0.39 is 0 Å². The summed E-state index contributed by atoms with van der Waals surface area (Å²) in [7, 11) is 0. The fourth-order valence-corrected chi connectivity index (χ4v) is 5.45. The van der Waals surface area contributed by atoms with E-state index in [9.17, 15) is 9.59 Å². The Labute approximate surface area is 192 Å². The van der Waals surface area contributed by atoms with E-state index >= 15 is 0 Å². The summed E-state index contributed by atoms with van der Waals surface area (Å²) in [5.74, 6) is -0.0841. The number of amides is 2. The fourth-order valence-electron chi connectivity index (χ4n) is 5.45. The second-order valence-electron chi connectivity index (χ2n) is 8.97. The Kier molecular flexibility index (Phi) is 4.57. The van der Waals surface area contributed by atoms with Gasteiger partial charge < -0.3 is 14.8 Å². The Morgan fingerprint density at radius 3 is 2.58 bits per heavy atom. The first-order valence-electron chi connectivity index (χ1n) is 11.4. The van der Waals surface area contributed by atoms with Gasteiger partial charge in [-0.3, -0.25) is 9.59 Å². The van der Waals surface area contributed by atoms with Crippen LogP contribution >= 0.6 is 0 Å². The molecule has 1 aromatic heterocycles. The van der Waals surface area contributed by atoms with Gasteiger partial charge in [-0.25, -0.2) is 0 Å². The van der Waals surface area contributed by atoms with E-state index in [0.717, 1.165) is 34.1 Å². The molecule has 1 N–H and O–H groups in total. The molecule has 0 bridgehead atoms. The summed E-state index contributed by atoms with van der Waals surface area (Å²) in [5.41, 5.74) is 7.28. The highest BCUT2D eigenvalue weighted by Gasteiger charge is 2.41. The molecule has 4 aromatic rings. The van der Waals surface area contributed by atoms with Crippen molar-refractivity contribution in [3.8, 4) is 0 Å². The molecule has 2 aliphatic heterocycles. The zero-order valence-electron chi connectivity index (χ0n) is 18.5. The number of fused-ring (bicyclic) bond motifs is 3. The molecule has 5 heteroatoms. The van der Waals surface area contributed by atoms with E-state index in [-0.39, 0.29) is 24.4 Å². The number of benzene rings is 3. The van der Waals surface area contributed by atoms with Gasteiger partial charge in [0.1, 0.15) is 6.54 Å². The van der Waals surface area contributed by atoms with Crippen LogP contribution in [0.5, 0.6) is 0 Å². The van der Waals surface area contributed by atoms with E-state index in [4.69, 9.17) is 0 Å². The van der Waals surface area contributed by atoms with Gasteiger partial charge in [0.15, 0.2) is 0 Å². The minimum absolute atomic E-state index is 0.00634. The smallest absolute Gasteiger partial charge is 0.255 e. The first kappa shape index (κ1) is 19.8. The van der Waals surface area contributed by atoms with E-state index in [2.05, 4.69) is 29.2 Å². The number of H-pyrrole nitrogens is 1. The predicted molar refractivity (Wildman–Crippen MR) is 128 cm³/mol. The Bertz CT molecular complexity index is 1400. The van der Waals surface area contributed by atoms with Gasteiger partial charge in [-0.2, -0.15) is 0 Å². The standard InChI is InChI=1S/C28H25N3O2/c1-18-26(23-12-6-7-13-24(23)29-18)27-21-10-4-5-11-22(21)28(33)31(27)17-25(32)30-15-14-19-8-2-3-9-20(19)16-30/h2-13,27,29H,14-17H2,1H3/t27-/m0/s1. The molecule has 0 saturated heterocycles. The van der Waals surface area contributed by atoms with Crippen molar-refractivity contribution >= 4 is 22.7 Å². The van der Waals surface area contributed by atoms with Crippen LogP contribution in [-0.2, 0) is 17.8 Å². The van der Waals surface area contributed by atoms with Gasteiger partial charge in [0, 0.05) is 40.8 Å². The predicted octanol–water partition coefficient (Wildman–Crippen LogP) is 4.61. The molecular formula is C28H25N3O2. The van der Waals surface area contributed by atoms with Crippen molar-refractivity contribution in [2.45, 2.75) is 25.9 Å². The molecule has 33 heavy (non-hydrogen) atoms. The summed E-state index contributed by atoms with van der Waals surface area (Å²) in [6.45, 7) is 3.39. The summed E-state index contributed by atoms with van der Waals surface area (Å²) in [5, 5.41) is 1.09. The number of aryl methyl sites for hydroxylation is 1. The molecule has 6 rings (SSSR count). The molecule has 3 aromatic carbocycles. The monoisotopic (exact) mass is 435 g/mol. The molecule has 3 heterocycles. The van der Waals surface area contributed by atoms with E-state index in [1.807, 2.05) is 60.4 Å². The molecule has 2 aliphatic rings. The lowest BCUT2D eigenvalue weighted by molar-refractivity contribution is -0.133. The topological polar surface area (TPSA) is 56.4 Å². The zero-order valence-corrected chi connectivity index (χ0v) is 18.5. The number of hydrogen-bond donors (Lipinski definition) is 1. The lowest BCUT2D eigenvalue weighted by atomic mass is 9.95. The average Bonchev–Trinajstić information content (AvgIpc) is 3.31. The number of carbonyl (C=O) groups excluding carboxylic acids is 2. The largest absolute Gasteiger partial charge is 0.358 e. The van der Waals surface area contributed by atoms with Crippen molar-refractivity contribution in [2.24, 2.45) is 0 Å². The van der Waals surface area contributed by atoms with Gasteiger partial charge in [-0.1, -0.05) is 60.7 Å². The maximum atomic E-state index is 13.5. The van der Waals surface area contributed by atoms with Gasteiger partial charge in [0.2, 0.25) is 5.91 Å². The summed E-state index contributed by atoms with van der Waals surface area (Å²) in [6, 6.07) is 23.9. The minimum Gasteiger partial charge on any atom is -0.358 e. The number of nitrogens with zero attached hydrogens (tertiary/aromatic N) is 2. The number of aromatic amines is 1. The molecule has 0 spiro atoms. The second-order valence-corrected chi connectivity index (χ2v) is 8.97. The first-order chi connectivity index (χ1) is 16.1. The van der Waals surface area contributed by atoms with Crippen LogP contribution in [0.2, 0.25) is 0 Å². The van der Waals surface area contributed by atoms with Crippen molar-refractivity contribution in [3.63, 3.8) is 0 Å². The maximum Gasteiger partial charge on any atom is 0.255 e. The number of hydrogen-bond acceptors (Lipinski definition) is 2. The first-order valence-corrected chi connectivity index (χ1v) is 11.4. The van der Waals surface area contributed by atoms with Crippen molar-refractivity contribution in [1.82, 2.24) is 14.8 Å². The lowest BCUT2D eigenvalue weighted by Crippen LogP contribution is -2.44. The molecule has 0 radical (unpaired) electrons. The molecule has 1 atom stereocenters. The quantitative estimate of drug-likeness (QED) is 0.511. The van der Waals surface area contributed by atoms with Gasteiger partial charge in [-0.15, -0.1) is 0 Å². The summed E-state index contributed by atoms with van der Waals surface area (Å²) in [4.78, 5) is 34.1. The van der Waals surface area contributed by atoms with Crippen LogP contribution in [0.4, 0.5) is 0 Å². The third-order valence-electron chi connectivity index (χ3n) is 7.06. The van der Waals surface area contributed by atoms with E-state index in [1.54, 1.807) is 4.90 Å². The Morgan fingerprint density at radius 1 is 0.970 bits per heavy atom. The Morgan fingerprint density at radius 2 is 1.70 bits per heavy atom. The van der Waals surface area contributed by atoms with Gasteiger partial charge in [0.05, 0.1) is 6.04 Å². The molecule has 0 unspecified atom stereocenters. The van der Waals surface area contributed by atoms with E-state index in [0.29, 0.717) is 18.7 Å². The third-order valence-corrected chi connectivity index (χ3v) is 7.06. The lowest BCUT2D eigenvalue weighted by Gasteiger charge is -2.32. The summed E-state index contributed by atoms with van der Waals surface area (Å²) in [6.07, 6.45) is 0.848. The molecule has 0 saturated carbocycles.